The van der Waals surface area contributed by atoms with Crippen molar-refractivity contribution in [2.75, 3.05) is 19.5 Å². The Morgan fingerprint density at radius 2 is 2.10 bits per heavy atom. The Morgan fingerprint density at radius 1 is 1.30 bits per heavy atom. The average Bonchev–Trinajstić information content (AvgIpc) is 2.89. The van der Waals surface area contributed by atoms with Gasteiger partial charge in [-0.2, -0.15) is 0 Å². The summed E-state index contributed by atoms with van der Waals surface area (Å²) in [7, 11) is 1.68. The molecule has 0 bridgehead atoms. The van der Waals surface area contributed by atoms with Gasteiger partial charge in [-0.25, -0.2) is 4.68 Å². The van der Waals surface area contributed by atoms with Gasteiger partial charge in [0.2, 0.25) is 0 Å². The van der Waals surface area contributed by atoms with Crippen molar-refractivity contribution in [3.8, 4) is 11.4 Å². The number of nitrogens with two attached hydrogens (primary N) is 1. The van der Waals surface area contributed by atoms with E-state index in [0.717, 1.165) is 25.0 Å². The number of hydrogen-bond donors (Lipinski definition) is 1. The number of aryl methyl sites for hydroxylation is 1. The van der Waals surface area contributed by atoms with Crippen molar-refractivity contribution in [2.24, 2.45) is 0 Å². The largest absolute Gasteiger partial charge is 0.397 e. The zero-order valence-electron chi connectivity index (χ0n) is 11.0. The Labute approximate surface area is 126 Å². The summed E-state index contributed by atoms with van der Waals surface area (Å²) >= 11 is 12.0. The second-order valence-corrected chi connectivity index (χ2v) is 5.07. The van der Waals surface area contributed by atoms with E-state index in [1.165, 1.54) is 0 Å². The molecule has 2 N–H and O–H groups in total. The van der Waals surface area contributed by atoms with E-state index in [1.807, 2.05) is 0 Å². The maximum atomic E-state index is 6.03. The molecule has 2 aromatic rings. The van der Waals surface area contributed by atoms with Crippen LogP contribution in [0.3, 0.4) is 0 Å². The molecule has 0 saturated heterocycles. The molecule has 6 nitrogen and oxygen atoms in total. The Balaban J connectivity index is 2.19. The van der Waals surface area contributed by atoms with Crippen LogP contribution in [0, 0.1) is 0 Å². The topological polar surface area (TPSA) is 78.8 Å². The minimum absolute atomic E-state index is 0.342. The minimum Gasteiger partial charge on any atom is -0.397 e. The van der Waals surface area contributed by atoms with Crippen LogP contribution < -0.4 is 5.73 Å². The van der Waals surface area contributed by atoms with E-state index >= 15 is 0 Å². The van der Waals surface area contributed by atoms with E-state index < -0.39 is 0 Å². The smallest absolute Gasteiger partial charge is 0.182 e. The number of hydrogen-bond acceptors (Lipinski definition) is 5. The third kappa shape index (κ3) is 3.39. The van der Waals surface area contributed by atoms with Crippen molar-refractivity contribution < 1.29 is 4.74 Å². The molecule has 0 unspecified atom stereocenters. The maximum absolute atomic E-state index is 6.03. The van der Waals surface area contributed by atoms with E-state index in [4.69, 9.17) is 33.7 Å². The molecule has 1 aromatic heterocycles. The number of rotatable bonds is 6. The zero-order chi connectivity index (χ0) is 14.5. The van der Waals surface area contributed by atoms with Crippen molar-refractivity contribution in [2.45, 2.75) is 19.4 Å². The van der Waals surface area contributed by atoms with Crippen LogP contribution >= 0.6 is 23.2 Å². The van der Waals surface area contributed by atoms with Crippen molar-refractivity contribution in [3.05, 3.63) is 22.2 Å². The summed E-state index contributed by atoms with van der Waals surface area (Å²) in [5, 5.41) is 12.4. The monoisotopic (exact) mass is 315 g/mol. The van der Waals surface area contributed by atoms with Gasteiger partial charge in [-0.3, -0.25) is 0 Å². The molecule has 0 aliphatic carbocycles. The lowest BCUT2D eigenvalue weighted by atomic mass is 10.2. The van der Waals surface area contributed by atoms with Crippen LogP contribution in [0.4, 0.5) is 5.69 Å². The van der Waals surface area contributed by atoms with Crippen molar-refractivity contribution in [1.82, 2.24) is 20.2 Å². The number of tetrazole rings is 1. The fourth-order valence-corrected chi connectivity index (χ4v) is 2.15. The molecule has 0 fully saturated rings. The predicted octanol–water partition coefficient (Wildman–Crippen LogP) is 2.66. The van der Waals surface area contributed by atoms with Gasteiger partial charge in [-0.15, -0.1) is 5.10 Å². The minimum atomic E-state index is 0.342. The quantitative estimate of drug-likeness (QED) is 0.655. The number of methoxy groups -OCH3 is 1. The molecule has 20 heavy (non-hydrogen) atoms. The van der Waals surface area contributed by atoms with Gasteiger partial charge in [0.15, 0.2) is 5.82 Å². The number of nitrogen functional groups attached to an aromatic ring is 1. The van der Waals surface area contributed by atoms with Crippen LogP contribution in [0.5, 0.6) is 0 Å². The molecule has 0 aliphatic heterocycles. The summed E-state index contributed by atoms with van der Waals surface area (Å²) in [6.45, 7) is 1.42. The zero-order valence-corrected chi connectivity index (χ0v) is 12.5. The lowest BCUT2D eigenvalue weighted by Crippen LogP contribution is -2.04. The van der Waals surface area contributed by atoms with Gasteiger partial charge >= 0.3 is 0 Å². The highest BCUT2D eigenvalue weighted by Crippen LogP contribution is 2.32. The third-order valence-electron chi connectivity index (χ3n) is 2.81. The van der Waals surface area contributed by atoms with E-state index in [-0.39, 0.29) is 0 Å². The van der Waals surface area contributed by atoms with Gasteiger partial charge in [0.05, 0.1) is 15.7 Å². The summed E-state index contributed by atoms with van der Waals surface area (Å²) < 4.78 is 6.73. The highest BCUT2D eigenvalue weighted by molar-refractivity contribution is 6.43. The molecule has 0 aliphatic rings. The van der Waals surface area contributed by atoms with Crippen LogP contribution in [-0.2, 0) is 11.3 Å². The SMILES string of the molecule is COCCCCn1nnnc1-c1cc(N)c(Cl)c(Cl)c1. The molecular formula is C12H15Cl2N5O. The number of halogens is 2. The third-order valence-corrected chi connectivity index (χ3v) is 3.63. The van der Waals surface area contributed by atoms with Crippen LogP contribution in [0.2, 0.25) is 10.0 Å². The van der Waals surface area contributed by atoms with Crippen LogP contribution in [0.1, 0.15) is 12.8 Å². The Hall–Kier alpha value is -1.37. The van der Waals surface area contributed by atoms with Crippen molar-refractivity contribution in [1.29, 1.82) is 0 Å². The number of aromatic nitrogens is 4. The first kappa shape index (κ1) is 15.0. The molecule has 8 heteroatoms. The van der Waals surface area contributed by atoms with Gasteiger partial charge in [0, 0.05) is 25.8 Å². The molecule has 2 rings (SSSR count). The van der Waals surface area contributed by atoms with Gasteiger partial charge in [0.1, 0.15) is 0 Å². The normalized spacial score (nSPS) is 10.9. The second kappa shape index (κ2) is 6.88. The summed E-state index contributed by atoms with van der Waals surface area (Å²) in [6.07, 6.45) is 1.86. The van der Waals surface area contributed by atoms with Gasteiger partial charge < -0.3 is 10.5 Å². The first-order chi connectivity index (χ1) is 9.63. The van der Waals surface area contributed by atoms with E-state index in [0.29, 0.717) is 28.1 Å². The Morgan fingerprint density at radius 3 is 2.80 bits per heavy atom. The summed E-state index contributed by atoms with van der Waals surface area (Å²) in [5.74, 6) is 0.618. The summed E-state index contributed by atoms with van der Waals surface area (Å²) in [5.41, 5.74) is 6.96. The van der Waals surface area contributed by atoms with Crippen LogP contribution in [0.15, 0.2) is 12.1 Å². The number of ether oxygens (including phenoxy) is 1. The maximum Gasteiger partial charge on any atom is 0.182 e. The first-order valence-electron chi connectivity index (χ1n) is 6.13. The molecule has 0 atom stereocenters. The highest BCUT2D eigenvalue weighted by atomic mass is 35.5. The number of nitrogens with zero attached hydrogens (tertiary/aromatic N) is 4. The molecule has 1 heterocycles. The number of unbranched alkanes of at least 4 members (excludes halogenated alkanes) is 1. The lowest BCUT2D eigenvalue weighted by Gasteiger charge is -2.07. The molecular weight excluding hydrogens is 301 g/mol. The van der Waals surface area contributed by atoms with E-state index in [1.54, 1.807) is 23.9 Å². The van der Waals surface area contributed by atoms with Gasteiger partial charge in [-0.05, 0) is 35.4 Å². The molecule has 0 radical (unpaired) electrons. The van der Waals surface area contributed by atoms with Crippen molar-refractivity contribution in [3.63, 3.8) is 0 Å². The van der Waals surface area contributed by atoms with Gasteiger partial charge in [0.25, 0.3) is 0 Å². The Kier molecular flexibility index (Phi) is 5.17. The fraction of sp³-hybridized carbons (Fsp3) is 0.417. The van der Waals surface area contributed by atoms with Gasteiger partial charge in [-0.1, -0.05) is 23.2 Å². The van der Waals surface area contributed by atoms with Crippen LogP contribution in [-0.4, -0.2) is 33.9 Å². The average molecular weight is 316 g/mol. The first-order valence-corrected chi connectivity index (χ1v) is 6.89. The van der Waals surface area contributed by atoms with E-state index in [9.17, 15) is 0 Å². The molecule has 108 valence electrons. The lowest BCUT2D eigenvalue weighted by molar-refractivity contribution is 0.191. The molecule has 1 aromatic carbocycles. The van der Waals surface area contributed by atoms with Crippen molar-refractivity contribution >= 4 is 28.9 Å². The Bertz CT molecular complexity index is 564. The highest BCUT2D eigenvalue weighted by Gasteiger charge is 2.12. The second-order valence-electron chi connectivity index (χ2n) is 4.29. The fourth-order valence-electron chi connectivity index (χ4n) is 1.81. The summed E-state index contributed by atoms with van der Waals surface area (Å²) in [6, 6.07) is 3.42. The van der Waals surface area contributed by atoms with Crippen LogP contribution in [0.25, 0.3) is 11.4 Å². The molecule has 0 saturated carbocycles. The number of anilines is 1. The molecule has 0 spiro atoms. The summed E-state index contributed by atoms with van der Waals surface area (Å²) in [4.78, 5) is 0. The number of benzene rings is 1. The molecule has 0 amide bonds. The predicted molar refractivity (Wildman–Crippen MR) is 78.8 cm³/mol. The van der Waals surface area contributed by atoms with E-state index in [2.05, 4.69) is 15.5 Å². The standard InChI is InChI=1S/C12H15Cl2N5O/c1-20-5-3-2-4-19-12(16-17-18-19)8-6-9(13)11(14)10(15)7-8/h6-7H,2-5,15H2,1H3.